The van der Waals surface area contributed by atoms with Crippen LogP contribution in [0.1, 0.15) is 16.0 Å². The molecule has 0 atom stereocenters. The normalized spacial score (nSPS) is 15.0. The number of nitrogens with zero attached hydrogens (tertiary/aromatic N) is 3. The largest absolute Gasteiger partial charge is 0.290 e. The first-order valence-electron chi connectivity index (χ1n) is 9.07. The summed E-state index contributed by atoms with van der Waals surface area (Å²) in [5.74, 6) is 0.315. The Morgan fingerprint density at radius 2 is 1.79 bits per heavy atom. The number of amides is 1. The summed E-state index contributed by atoms with van der Waals surface area (Å²) in [6, 6.07) is 19.8. The minimum absolute atomic E-state index is 0.0544. The zero-order chi connectivity index (χ0) is 20.2. The third kappa shape index (κ3) is 4.00. The molecule has 0 N–H and O–H groups in total. The van der Waals surface area contributed by atoms with E-state index in [9.17, 15) is 14.9 Å². The van der Waals surface area contributed by atoms with Crippen LogP contribution in [0.5, 0.6) is 0 Å². The van der Waals surface area contributed by atoms with Gasteiger partial charge in [0.25, 0.3) is 11.6 Å². The van der Waals surface area contributed by atoms with Gasteiger partial charge in [-0.1, -0.05) is 48.5 Å². The summed E-state index contributed by atoms with van der Waals surface area (Å²) in [6.07, 6.45) is 2.21. The quantitative estimate of drug-likeness (QED) is 0.345. The molecule has 0 spiro atoms. The summed E-state index contributed by atoms with van der Waals surface area (Å²) in [5, 5.41) is 13.3. The van der Waals surface area contributed by atoms with Crippen molar-refractivity contribution in [1.82, 2.24) is 4.90 Å². The average Bonchev–Trinajstić information content (AvgIpc) is 3.36. The first kappa shape index (κ1) is 18.8. The van der Waals surface area contributed by atoms with E-state index in [-0.39, 0.29) is 17.3 Å². The van der Waals surface area contributed by atoms with Crippen LogP contribution in [0.25, 0.3) is 6.08 Å². The summed E-state index contributed by atoms with van der Waals surface area (Å²) in [4.78, 5) is 31.3. The molecule has 0 bridgehead atoms. The number of hydrogen-bond acceptors (Lipinski definition) is 5. The molecule has 29 heavy (non-hydrogen) atoms. The second-order valence-electron chi connectivity index (χ2n) is 6.43. The maximum Gasteiger partial charge on any atom is 0.278 e. The third-order valence-electron chi connectivity index (χ3n) is 4.57. The van der Waals surface area contributed by atoms with Crippen LogP contribution in [0.2, 0.25) is 0 Å². The molecular weight excluding hydrogens is 386 g/mol. The zero-order valence-corrected chi connectivity index (χ0v) is 16.2. The van der Waals surface area contributed by atoms with Crippen molar-refractivity contribution in [1.29, 1.82) is 0 Å². The number of hydrogen-bond donors (Lipinski definition) is 0. The summed E-state index contributed by atoms with van der Waals surface area (Å²) in [5.41, 5.74) is 1.33. The summed E-state index contributed by atoms with van der Waals surface area (Å²) in [7, 11) is 0. The molecule has 0 fully saturated rings. The van der Waals surface area contributed by atoms with Crippen molar-refractivity contribution in [3.63, 3.8) is 0 Å². The molecule has 0 aliphatic carbocycles. The Labute approximate surface area is 171 Å². The van der Waals surface area contributed by atoms with Crippen LogP contribution in [-0.2, 0) is 11.2 Å². The predicted molar refractivity (Wildman–Crippen MR) is 114 cm³/mol. The van der Waals surface area contributed by atoms with E-state index in [1.54, 1.807) is 34.4 Å². The van der Waals surface area contributed by atoms with Crippen LogP contribution in [0.4, 0.5) is 5.69 Å². The smallest absolute Gasteiger partial charge is 0.278 e. The van der Waals surface area contributed by atoms with Crippen molar-refractivity contribution in [3.8, 4) is 0 Å². The van der Waals surface area contributed by atoms with E-state index < -0.39 is 4.92 Å². The highest BCUT2D eigenvalue weighted by molar-refractivity contribution is 7.09. The highest BCUT2D eigenvalue weighted by atomic mass is 32.1. The van der Waals surface area contributed by atoms with Crippen molar-refractivity contribution in [2.75, 3.05) is 6.54 Å². The number of thiophene rings is 1. The van der Waals surface area contributed by atoms with Crippen molar-refractivity contribution in [2.45, 2.75) is 6.42 Å². The van der Waals surface area contributed by atoms with E-state index in [4.69, 9.17) is 0 Å². The van der Waals surface area contributed by atoms with Gasteiger partial charge in [0.1, 0.15) is 11.5 Å². The van der Waals surface area contributed by atoms with E-state index in [0.717, 1.165) is 5.56 Å². The molecule has 0 saturated heterocycles. The molecule has 6 nitrogen and oxygen atoms in total. The Balaban J connectivity index is 1.71. The lowest BCUT2D eigenvalue weighted by Gasteiger charge is -2.18. The molecule has 4 rings (SSSR count). The molecule has 2 aromatic carbocycles. The number of carbonyl (C=O) groups is 1. The van der Waals surface area contributed by atoms with Crippen LogP contribution in [-0.4, -0.2) is 28.1 Å². The van der Waals surface area contributed by atoms with Crippen molar-refractivity contribution in [3.05, 3.63) is 104 Å². The monoisotopic (exact) mass is 403 g/mol. The van der Waals surface area contributed by atoms with Gasteiger partial charge in [-0.3, -0.25) is 19.8 Å². The van der Waals surface area contributed by atoms with Gasteiger partial charge in [0.2, 0.25) is 0 Å². The van der Waals surface area contributed by atoms with Crippen LogP contribution < -0.4 is 0 Å². The lowest BCUT2D eigenvalue weighted by molar-refractivity contribution is -0.385. The van der Waals surface area contributed by atoms with Gasteiger partial charge < -0.3 is 0 Å². The number of carbonyl (C=O) groups excluding carboxylic acids is 1. The Bertz CT molecular complexity index is 1110. The number of amidine groups is 1. The topological polar surface area (TPSA) is 75.8 Å². The van der Waals surface area contributed by atoms with E-state index in [1.807, 2.05) is 47.8 Å². The minimum atomic E-state index is -0.456. The molecule has 1 aliphatic rings. The molecule has 1 amide bonds. The van der Waals surface area contributed by atoms with E-state index >= 15 is 0 Å². The molecule has 3 aromatic rings. The molecule has 0 unspecified atom stereocenters. The molecule has 7 heteroatoms. The Hall–Kier alpha value is -3.58. The van der Waals surface area contributed by atoms with Crippen LogP contribution in [0, 0.1) is 10.1 Å². The highest BCUT2D eigenvalue weighted by Crippen LogP contribution is 2.26. The third-order valence-corrected chi connectivity index (χ3v) is 5.50. The van der Waals surface area contributed by atoms with Crippen LogP contribution in [0.3, 0.4) is 0 Å². The van der Waals surface area contributed by atoms with Crippen LogP contribution >= 0.6 is 11.3 Å². The molecule has 1 aromatic heterocycles. The average molecular weight is 403 g/mol. The standard InChI is InChI=1S/C22H17N3O3S/c26-22-19(15-17-9-4-5-11-20(17)25(27)28)23-21(16-7-2-1-3-8-16)24(22)13-12-18-10-6-14-29-18/h1-11,14-15H,12-13H2/b19-15+. The first-order valence-corrected chi connectivity index (χ1v) is 9.95. The number of nitro groups is 1. The molecule has 144 valence electrons. The summed E-state index contributed by atoms with van der Waals surface area (Å²) < 4.78 is 0. The first-order chi connectivity index (χ1) is 14.1. The maximum atomic E-state index is 13.1. The molecule has 1 aliphatic heterocycles. The van der Waals surface area contributed by atoms with E-state index in [0.29, 0.717) is 24.4 Å². The number of benzene rings is 2. The van der Waals surface area contributed by atoms with Gasteiger partial charge in [-0.2, -0.15) is 0 Å². The van der Waals surface area contributed by atoms with Gasteiger partial charge in [0.15, 0.2) is 0 Å². The second kappa shape index (κ2) is 8.20. The van der Waals surface area contributed by atoms with Gasteiger partial charge in [0, 0.05) is 23.1 Å². The molecule has 0 saturated carbocycles. The Morgan fingerprint density at radius 1 is 1.03 bits per heavy atom. The SMILES string of the molecule is O=C1/C(=C\c2ccccc2[N+](=O)[O-])N=C(c2ccccc2)N1CCc1cccs1. The van der Waals surface area contributed by atoms with Crippen LogP contribution in [0.15, 0.2) is 82.8 Å². The number of para-hydroxylation sites is 1. The number of rotatable bonds is 6. The van der Waals surface area contributed by atoms with E-state index in [2.05, 4.69) is 4.99 Å². The fourth-order valence-electron chi connectivity index (χ4n) is 3.17. The highest BCUT2D eigenvalue weighted by Gasteiger charge is 2.31. The summed E-state index contributed by atoms with van der Waals surface area (Å²) >= 11 is 1.65. The Kier molecular flexibility index (Phi) is 5.31. The van der Waals surface area contributed by atoms with Gasteiger partial charge in [0.05, 0.1) is 10.5 Å². The van der Waals surface area contributed by atoms with Gasteiger partial charge in [-0.15, -0.1) is 11.3 Å². The molecule has 0 radical (unpaired) electrons. The predicted octanol–water partition coefficient (Wildman–Crippen LogP) is 4.53. The second-order valence-corrected chi connectivity index (χ2v) is 7.47. The fourth-order valence-corrected chi connectivity index (χ4v) is 3.86. The van der Waals surface area contributed by atoms with Crippen molar-refractivity contribution in [2.24, 2.45) is 4.99 Å². The number of aliphatic imine (C=N–C) groups is 1. The summed E-state index contributed by atoms with van der Waals surface area (Å²) in [6.45, 7) is 0.487. The van der Waals surface area contributed by atoms with Crippen molar-refractivity contribution < 1.29 is 9.72 Å². The fraction of sp³-hybridized carbons (Fsp3) is 0.0909. The lowest BCUT2D eigenvalue weighted by atomic mass is 10.1. The number of nitro benzene ring substituents is 1. The minimum Gasteiger partial charge on any atom is -0.290 e. The molecular formula is C22H17N3O3S. The lowest BCUT2D eigenvalue weighted by Crippen LogP contribution is -2.34. The molecule has 2 heterocycles. The van der Waals surface area contributed by atoms with E-state index in [1.165, 1.54) is 17.0 Å². The maximum absolute atomic E-state index is 13.1. The Morgan fingerprint density at radius 3 is 2.52 bits per heavy atom. The van der Waals surface area contributed by atoms with Crippen molar-refractivity contribution >= 4 is 34.8 Å². The van der Waals surface area contributed by atoms with Gasteiger partial charge >= 0.3 is 0 Å². The zero-order valence-electron chi connectivity index (χ0n) is 15.4. The van der Waals surface area contributed by atoms with Gasteiger partial charge in [-0.05, 0) is 30.0 Å². The van der Waals surface area contributed by atoms with Gasteiger partial charge in [-0.25, -0.2) is 4.99 Å².